The maximum Gasteiger partial charge on any atom is 4.00 e. The van der Waals surface area contributed by atoms with Gasteiger partial charge >= 0.3 is 26.2 Å². The van der Waals surface area contributed by atoms with Crippen molar-refractivity contribution in [3.8, 4) is 22.3 Å². The average molecular weight is 744 g/mol. The zero-order valence-electron chi connectivity index (χ0n) is 28.3. The van der Waals surface area contributed by atoms with Crippen LogP contribution in [-0.4, -0.2) is 10.2 Å². The van der Waals surface area contributed by atoms with Gasteiger partial charge in [0.05, 0.1) is 0 Å². The Kier molecular flexibility index (Phi) is 23.7. The molecule has 6 aromatic carbocycles. The zero-order chi connectivity index (χ0) is 30.9. The van der Waals surface area contributed by atoms with Crippen molar-refractivity contribution in [1.29, 1.82) is 0 Å². The Hall–Kier alpha value is -2.22. The normalized spacial score (nSPS) is 9.61. The number of fused-ring (bicyclic) bond motifs is 2. The van der Waals surface area contributed by atoms with Gasteiger partial charge in [0.2, 0.25) is 0 Å². The summed E-state index contributed by atoms with van der Waals surface area (Å²) in [6.07, 6.45) is 7.74. The van der Waals surface area contributed by atoms with Gasteiger partial charge in [0, 0.05) is 10.2 Å². The molecule has 46 heavy (non-hydrogen) atoms. The minimum Gasteiger partial charge on any atom is -1.00 e. The fraction of sp³-hybridized carbons (Fsp3) is 0.286. The van der Waals surface area contributed by atoms with Gasteiger partial charge in [0.25, 0.3) is 0 Å². The van der Waals surface area contributed by atoms with Crippen LogP contribution in [-0.2, 0) is 39.0 Å². The molecule has 0 bridgehead atoms. The van der Waals surface area contributed by atoms with E-state index in [2.05, 4.69) is 159 Å². The first-order chi connectivity index (χ1) is 21.1. The maximum absolute atomic E-state index is 3.18. The molecule has 0 aromatic heterocycles. The van der Waals surface area contributed by atoms with Crippen LogP contribution in [0, 0.1) is 0 Å². The predicted molar refractivity (Wildman–Crippen MR) is 195 cm³/mol. The Bertz CT molecular complexity index is 1480. The molecule has 4 heteroatoms. The van der Waals surface area contributed by atoms with E-state index in [-0.39, 0.29) is 51.0 Å². The number of unbranched alkanes of at least 4 members (excludes halogenated alkanes) is 3. The molecule has 6 rings (SSSR count). The predicted octanol–water partition coefficient (Wildman–Crippen LogP) is 6.76. The first-order valence-electron chi connectivity index (χ1n) is 16.2. The SMILES string of the molecule is CCCCCC.CC[Si].CCc1cc2c(-c3ccccc3)cccc2[cH-]1.CCc1cc2c(-c3ccccc3)cccc2[cH-]1.[Cl-].[Cl-].[Zr+4]. The molecule has 239 valence electrons. The molecule has 0 atom stereocenters. The van der Waals surface area contributed by atoms with Crippen LogP contribution in [0.2, 0.25) is 6.04 Å². The van der Waals surface area contributed by atoms with Crippen molar-refractivity contribution in [3.63, 3.8) is 0 Å². The van der Waals surface area contributed by atoms with Gasteiger partial charge in [-0.25, -0.2) is 0 Å². The van der Waals surface area contributed by atoms with E-state index in [1.165, 1.54) is 80.6 Å². The summed E-state index contributed by atoms with van der Waals surface area (Å²) >= 11 is 0. The Morgan fingerprint density at radius 1 is 0.500 bits per heavy atom. The van der Waals surface area contributed by atoms with Crippen molar-refractivity contribution in [2.24, 2.45) is 0 Å². The molecule has 6 aromatic rings. The molecule has 0 nitrogen and oxygen atoms in total. The van der Waals surface area contributed by atoms with Crippen molar-refractivity contribution < 1.29 is 51.0 Å². The topological polar surface area (TPSA) is 0 Å². The van der Waals surface area contributed by atoms with Gasteiger partial charge in [-0.05, 0) is 24.0 Å². The molecular weight excluding hydrogens is 695 g/mol. The first kappa shape index (κ1) is 43.8. The first-order valence-corrected chi connectivity index (χ1v) is 16.9. The smallest absolute Gasteiger partial charge is 1.00 e. The van der Waals surface area contributed by atoms with Crippen molar-refractivity contribution in [2.75, 3.05) is 0 Å². The summed E-state index contributed by atoms with van der Waals surface area (Å²) < 4.78 is 0. The molecular formula is C42H49Cl2SiZr. The van der Waals surface area contributed by atoms with E-state index in [1.54, 1.807) is 0 Å². The summed E-state index contributed by atoms with van der Waals surface area (Å²) in [5.74, 6) is 0. The Balaban J connectivity index is 0.000000667. The average Bonchev–Trinajstić information content (AvgIpc) is 3.70. The van der Waals surface area contributed by atoms with Crippen LogP contribution in [0.25, 0.3) is 43.8 Å². The van der Waals surface area contributed by atoms with E-state index in [1.807, 2.05) is 6.92 Å². The van der Waals surface area contributed by atoms with E-state index in [0.717, 1.165) is 18.9 Å². The van der Waals surface area contributed by atoms with Crippen LogP contribution in [0.5, 0.6) is 0 Å². The summed E-state index contributed by atoms with van der Waals surface area (Å²) in [4.78, 5) is 0. The van der Waals surface area contributed by atoms with Gasteiger partial charge in [0.15, 0.2) is 0 Å². The van der Waals surface area contributed by atoms with E-state index in [9.17, 15) is 0 Å². The Morgan fingerprint density at radius 2 is 0.848 bits per heavy atom. The van der Waals surface area contributed by atoms with Gasteiger partial charge < -0.3 is 24.8 Å². The number of hydrogen-bond donors (Lipinski definition) is 0. The second-order valence-electron chi connectivity index (χ2n) is 10.8. The monoisotopic (exact) mass is 741 g/mol. The largest absolute Gasteiger partial charge is 4.00 e. The van der Waals surface area contributed by atoms with E-state index in [4.69, 9.17) is 0 Å². The third-order valence-electron chi connectivity index (χ3n) is 7.56. The Morgan fingerprint density at radius 3 is 1.15 bits per heavy atom. The van der Waals surface area contributed by atoms with Crippen LogP contribution in [0.3, 0.4) is 0 Å². The molecule has 0 fully saturated rings. The van der Waals surface area contributed by atoms with Crippen LogP contribution in [0.1, 0.15) is 71.4 Å². The van der Waals surface area contributed by atoms with Crippen LogP contribution in [0.15, 0.2) is 121 Å². The van der Waals surface area contributed by atoms with Crippen LogP contribution < -0.4 is 24.8 Å². The third-order valence-corrected chi connectivity index (χ3v) is 7.56. The molecule has 0 saturated heterocycles. The number of halogens is 2. The maximum atomic E-state index is 3.18. The Labute approximate surface area is 314 Å². The van der Waals surface area contributed by atoms with Gasteiger partial charge in [-0.15, -0.1) is 69.1 Å². The second kappa shape index (κ2) is 24.9. The summed E-state index contributed by atoms with van der Waals surface area (Å²) in [7, 11) is 3.18. The third kappa shape index (κ3) is 13.1. The quantitative estimate of drug-likeness (QED) is 0.0964. The van der Waals surface area contributed by atoms with Crippen molar-refractivity contribution in [2.45, 2.75) is 79.2 Å². The van der Waals surface area contributed by atoms with Crippen LogP contribution >= 0.6 is 0 Å². The van der Waals surface area contributed by atoms with Gasteiger partial charge in [-0.3, -0.25) is 0 Å². The summed E-state index contributed by atoms with van der Waals surface area (Å²) in [5.41, 5.74) is 8.11. The minimum absolute atomic E-state index is 0. The number of hydrogen-bond acceptors (Lipinski definition) is 0. The van der Waals surface area contributed by atoms with Crippen molar-refractivity contribution in [3.05, 3.63) is 132 Å². The van der Waals surface area contributed by atoms with Crippen molar-refractivity contribution in [1.82, 2.24) is 0 Å². The molecule has 0 unspecified atom stereocenters. The fourth-order valence-electron chi connectivity index (χ4n) is 5.24. The standard InChI is InChI=1S/2C17H15.C6H14.C2H5Si.2ClH.Zr/c2*1-2-13-11-15-9-6-10-16(17(15)12-13)14-7-4-3-5-8-14;1-3-5-6-4-2;1-2-3;;;/h2*3-12H,2H2,1H3;3-6H2,1-2H3;2H2,1H3;2*1H;/q2*-1;;;;;+4/p-2. The van der Waals surface area contributed by atoms with Gasteiger partial charge in [0.1, 0.15) is 0 Å². The molecule has 0 heterocycles. The zero-order valence-corrected chi connectivity index (χ0v) is 33.2. The summed E-state index contributed by atoms with van der Waals surface area (Å²) in [6, 6.07) is 44.6. The van der Waals surface area contributed by atoms with Crippen LogP contribution in [0.4, 0.5) is 0 Å². The minimum atomic E-state index is 0. The number of aryl methyl sites for hydroxylation is 2. The molecule has 0 saturated carbocycles. The second-order valence-corrected chi connectivity index (χ2v) is 11.6. The number of rotatable bonds is 7. The van der Waals surface area contributed by atoms with Crippen molar-refractivity contribution >= 4 is 31.8 Å². The number of benzene rings is 4. The van der Waals surface area contributed by atoms with E-state index < -0.39 is 0 Å². The molecule has 0 spiro atoms. The molecule has 0 N–H and O–H groups in total. The molecule has 0 aliphatic rings. The molecule has 0 aliphatic carbocycles. The van der Waals surface area contributed by atoms with E-state index >= 15 is 0 Å². The van der Waals surface area contributed by atoms with Gasteiger partial charge in [-0.1, -0.05) is 150 Å². The van der Waals surface area contributed by atoms with E-state index in [0.29, 0.717) is 0 Å². The molecule has 3 radical (unpaired) electrons. The molecule has 0 aliphatic heterocycles. The summed E-state index contributed by atoms with van der Waals surface area (Å²) in [5, 5.41) is 5.44. The molecule has 0 amide bonds. The summed E-state index contributed by atoms with van der Waals surface area (Å²) in [6.45, 7) is 10.9. The fourth-order valence-corrected chi connectivity index (χ4v) is 5.24. The van der Waals surface area contributed by atoms with Gasteiger partial charge in [-0.2, -0.15) is 12.1 Å².